The minimum atomic E-state index is -0.764. The summed E-state index contributed by atoms with van der Waals surface area (Å²) in [5.74, 6) is -0.118. The first-order valence-corrected chi connectivity index (χ1v) is 14.1. The molecule has 3 atom stereocenters. The first-order chi connectivity index (χ1) is 20.5. The van der Waals surface area contributed by atoms with Gasteiger partial charge in [0.1, 0.15) is 11.5 Å². The zero-order chi connectivity index (χ0) is 28.8. The van der Waals surface area contributed by atoms with Crippen molar-refractivity contribution >= 4 is 54.2 Å². The summed E-state index contributed by atoms with van der Waals surface area (Å²) >= 11 is 0. The van der Waals surface area contributed by atoms with Crippen molar-refractivity contribution in [3.05, 3.63) is 109 Å². The van der Waals surface area contributed by atoms with E-state index in [9.17, 15) is 19.2 Å². The van der Waals surface area contributed by atoms with Gasteiger partial charge in [0.05, 0.1) is 11.4 Å². The second kappa shape index (κ2) is 10.4. The molecule has 0 radical (unpaired) electrons. The molecule has 2 saturated heterocycles. The van der Waals surface area contributed by atoms with Crippen molar-refractivity contribution in [1.82, 2.24) is 0 Å². The van der Waals surface area contributed by atoms with E-state index in [0.717, 1.165) is 9.80 Å². The zero-order valence-electron chi connectivity index (χ0n) is 21.8. The van der Waals surface area contributed by atoms with Crippen molar-refractivity contribution in [3.8, 4) is 23.0 Å². The van der Waals surface area contributed by atoms with Gasteiger partial charge in [-0.05, 0) is 36.4 Å². The molecule has 0 N–H and O–H groups in total. The highest BCUT2D eigenvalue weighted by Crippen LogP contribution is 2.43. The van der Waals surface area contributed by atoms with Gasteiger partial charge < -0.3 is 14.2 Å². The largest absolute Gasteiger partial charge is 0.454 e. The molecule has 206 valence electrons. The molecule has 2 fully saturated rings. The molecule has 0 aliphatic carbocycles. The standard InChI is InChI=1S/C32H21N2O7P/c35-25-17-18-26(36)33(25)21-13-7-15-23(27(21)39-19-9-3-1-4-10-19)42-24-16-8-14-22(28(24)40-20-11-5-2-6-12-20)34-31(37)29-30(41-29)32(34)38/h1-18,29-30,42H. The van der Waals surface area contributed by atoms with Gasteiger partial charge in [0.25, 0.3) is 23.6 Å². The second-order valence-corrected chi connectivity index (χ2v) is 10.9. The molecule has 3 aliphatic rings. The molecule has 0 spiro atoms. The smallest absolute Gasteiger partial charge is 0.266 e. The van der Waals surface area contributed by atoms with Crippen molar-refractivity contribution in [1.29, 1.82) is 0 Å². The van der Waals surface area contributed by atoms with E-state index in [2.05, 4.69) is 0 Å². The number of morpholine rings is 1. The van der Waals surface area contributed by atoms with Gasteiger partial charge in [-0.3, -0.25) is 19.2 Å². The van der Waals surface area contributed by atoms with Crippen LogP contribution in [0.2, 0.25) is 0 Å². The van der Waals surface area contributed by atoms with Gasteiger partial charge in [-0.2, -0.15) is 0 Å². The van der Waals surface area contributed by atoms with E-state index in [1.165, 1.54) is 12.2 Å². The quantitative estimate of drug-likeness (QED) is 0.178. The van der Waals surface area contributed by atoms with Gasteiger partial charge in [0, 0.05) is 22.8 Å². The molecule has 4 aromatic carbocycles. The number of hydrogen-bond acceptors (Lipinski definition) is 7. The molecule has 0 aromatic heterocycles. The summed E-state index contributed by atoms with van der Waals surface area (Å²) in [4.78, 5) is 53.5. The highest BCUT2D eigenvalue weighted by molar-refractivity contribution is 7.56. The minimum Gasteiger partial charge on any atom is -0.454 e. The Morgan fingerprint density at radius 2 is 1.00 bits per heavy atom. The van der Waals surface area contributed by atoms with Crippen LogP contribution in [0.1, 0.15) is 0 Å². The fourth-order valence-electron chi connectivity index (χ4n) is 4.90. The third-order valence-corrected chi connectivity index (χ3v) is 8.22. The topological polar surface area (TPSA) is 106 Å². The summed E-state index contributed by atoms with van der Waals surface area (Å²) in [5, 5.41) is 1.34. The maximum Gasteiger partial charge on any atom is 0.266 e. The first kappa shape index (κ1) is 25.8. The highest BCUT2D eigenvalue weighted by Gasteiger charge is 2.62. The molecule has 7 rings (SSSR count). The summed E-state index contributed by atoms with van der Waals surface area (Å²) in [5.41, 5.74) is 0.609. The van der Waals surface area contributed by atoms with Gasteiger partial charge in [-0.25, -0.2) is 9.80 Å². The van der Waals surface area contributed by atoms with Crippen LogP contribution in [-0.2, 0) is 23.9 Å². The number of epoxide rings is 1. The highest BCUT2D eigenvalue weighted by atomic mass is 31.1. The van der Waals surface area contributed by atoms with Crippen LogP contribution in [0.3, 0.4) is 0 Å². The van der Waals surface area contributed by atoms with Crippen molar-refractivity contribution in [2.45, 2.75) is 12.2 Å². The van der Waals surface area contributed by atoms with Crippen LogP contribution in [0.15, 0.2) is 109 Å². The Kier molecular flexibility index (Phi) is 6.38. The average molecular weight is 577 g/mol. The lowest BCUT2D eigenvalue weighted by Crippen LogP contribution is -2.35. The van der Waals surface area contributed by atoms with E-state index >= 15 is 0 Å². The lowest BCUT2D eigenvalue weighted by atomic mass is 10.2. The van der Waals surface area contributed by atoms with Crippen LogP contribution in [0.4, 0.5) is 11.4 Å². The number of carbonyl (C=O) groups excluding carboxylic acids is 4. The van der Waals surface area contributed by atoms with Crippen LogP contribution in [0.25, 0.3) is 0 Å². The second-order valence-electron chi connectivity index (χ2n) is 9.60. The Balaban J connectivity index is 1.34. The molecule has 4 amide bonds. The van der Waals surface area contributed by atoms with Gasteiger partial charge in [0.2, 0.25) is 0 Å². The zero-order valence-corrected chi connectivity index (χ0v) is 22.8. The summed E-state index contributed by atoms with van der Waals surface area (Å²) in [6.07, 6.45) is 0.911. The number of rotatable bonds is 8. The molecule has 4 aromatic rings. The number of amides is 4. The number of para-hydroxylation sites is 4. The SMILES string of the molecule is O=C1C=CC(=O)N1c1cccc(Pc2cccc(N3C(=O)C4OC4C3=O)c2Oc2ccccc2)c1Oc1ccccc1. The number of fused-ring (bicyclic) bond motifs is 1. The molecule has 0 bridgehead atoms. The fourth-order valence-corrected chi connectivity index (χ4v) is 6.13. The fraction of sp³-hybridized carbons (Fsp3) is 0.0625. The molecule has 10 heteroatoms. The predicted molar refractivity (Wildman–Crippen MR) is 156 cm³/mol. The van der Waals surface area contributed by atoms with Gasteiger partial charge in [-0.1, -0.05) is 69.2 Å². The van der Waals surface area contributed by atoms with E-state index in [4.69, 9.17) is 14.2 Å². The Morgan fingerprint density at radius 1 is 0.548 bits per heavy atom. The van der Waals surface area contributed by atoms with Crippen LogP contribution in [-0.4, -0.2) is 35.8 Å². The molecular formula is C32H21N2O7P. The maximum atomic E-state index is 13.0. The van der Waals surface area contributed by atoms with E-state index in [-0.39, 0.29) is 8.58 Å². The van der Waals surface area contributed by atoms with E-state index in [1.54, 1.807) is 48.5 Å². The number of anilines is 2. The Hall–Kier alpha value is -5.11. The van der Waals surface area contributed by atoms with Crippen molar-refractivity contribution in [2.75, 3.05) is 9.80 Å². The molecule has 0 saturated carbocycles. The van der Waals surface area contributed by atoms with Crippen molar-refractivity contribution < 1.29 is 33.4 Å². The van der Waals surface area contributed by atoms with Crippen molar-refractivity contribution in [3.63, 3.8) is 0 Å². The lowest BCUT2D eigenvalue weighted by Gasteiger charge is -2.23. The number of nitrogens with zero attached hydrogens (tertiary/aromatic N) is 2. The molecule has 3 aliphatic heterocycles. The van der Waals surface area contributed by atoms with Gasteiger partial charge in [-0.15, -0.1) is 0 Å². The summed E-state index contributed by atoms with van der Waals surface area (Å²) in [7, 11) is -0.124. The molecular weight excluding hydrogens is 555 g/mol. The Morgan fingerprint density at radius 3 is 1.48 bits per heavy atom. The number of ether oxygens (including phenoxy) is 3. The third-order valence-electron chi connectivity index (χ3n) is 6.89. The van der Waals surface area contributed by atoms with Crippen LogP contribution < -0.4 is 29.9 Å². The number of imide groups is 2. The van der Waals surface area contributed by atoms with Gasteiger partial charge in [0.15, 0.2) is 23.7 Å². The molecule has 9 nitrogen and oxygen atoms in total. The molecule has 3 unspecified atom stereocenters. The van der Waals surface area contributed by atoms with Crippen LogP contribution in [0.5, 0.6) is 23.0 Å². The summed E-state index contributed by atoms with van der Waals surface area (Å²) in [6.45, 7) is 0. The first-order valence-electron chi connectivity index (χ1n) is 13.1. The van der Waals surface area contributed by atoms with Crippen LogP contribution >= 0.6 is 8.58 Å². The number of hydrogen-bond donors (Lipinski definition) is 0. The Bertz CT molecular complexity index is 1750. The monoisotopic (exact) mass is 576 g/mol. The maximum absolute atomic E-state index is 13.0. The number of carbonyl (C=O) groups is 4. The van der Waals surface area contributed by atoms with Crippen molar-refractivity contribution in [2.24, 2.45) is 0 Å². The average Bonchev–Trinajstić information content (AvgIpc) is 3.69. The third kappa shape index (κ3) is 4.55. The van der Waals surface area contributed by atoms with E-state index < -0.39 is 35.8 Å². The number of benzene rings is 4. The lowest BCUT2D eigenvalue weighted by molar-refractivity contribution is -0.127. The predicted octanol–water partition coefficient (Wildman–Crippen LogP) is 3.97. The Labute approximate surface area is 241 Å². The van der Waals surface area contributed by atoms with E-state index in [1.807, 2.05) is 48.5 Å². The molecule has 42 heavy (non-hydrogen) atoms. The van der Waals surface area contributed by atoms with Gasteiger partial charge >= 0.3 is 0 Å². The summed E-state index contributed by atoms with van der Waals surface area (Å²) < 4.78 is 17.9. The van der Waals surface area contributed by atoms with Crippen LogP contribution in [0, 0.1) is 0 Å². The molecule has 3 heterocycles. The normalized spacial score (nSPS) is 19.2. The minimum absolute atomic E-state index is 0.124. The summed E-state index contributed by atoms with van der Waals surface area (Å²) in [6, 6.07) is 28.6. The van der Waals surface area contributed by atoms with E-state index in [0.29, 0.717) is 45.0 Å².